The van der Waals surface area contributed by atoms with Gasteiger partial charge in [0.2, 0.25) is 0 Å². The van der Waals surface area contributed by atoms with Crippen molar-refractivity contribution in [2.24, 2.45) is 0 Å². The number of rotatable bonds is 2. The van der Waals surface area contributed by atoms with E-state index in [1.165, 1.54) is 18.2 Å². The lowest BCUT2D eigenvalue weighted by atomic mass is 10.0. The molecule has 2 aromatic carbocycles. The maximum absolute atomic E-state index is 13.8. The molecular formula is C13H7Br2F3O. The highest BCUT2D eigenvalue weighted by molar-refractivity contribution is 9.10. The molecule has 0 amide bonds. The molecule has 0 heterocycles. The van der Waals surface area contributed by atoms with Crippen LogP contribution in [0.2, 0.25) is 0 Å². The molecule has 2 aromatic rings. The maximum atomic E-state index is 13.8. The van der Waals surface area contributed by atoms with Crippen LogP contribution in [0.5, 0.6) is 0 Å². The number of aliphatic hydroxyl groups excluding tert-OH is 1. The summed E-state index contributed by atoms with van der Waals surface area (Å²) in [6.45, 7) is 0. The smallest absolute Gasteiger partial charge is 0.146 e. The van der Waals surface area contributed by atoms with E-state index in [9.17, 15) is 18.3 Å². The van der Waals surface area contributed by atoms with Gasteiger partial charge < -0.3 is 5.11 Å². The topological polar surface area (TPSA) is 20.2 Å². The first kappa shape index (κ1) is 14.6. The van der Waals surface area contributed by atoms with Gasteiger partial charge in [0.15, 0.2) is 0 Å². The summed E-state index contributed by atoms with van der Waals surface area (Å²) in [5.74, 6) is -2.42. The third-order valence-corrected chi connectivity index (χ3v) is 3.62. The third-order valence-electron chi connectivity index (χ3n) is 2.55. The van der Waals surface area contributed by atoms with Crippen LogP contribution in [-0.2, 0) is 0 Å². The fourth-order valence-electron chi connectivity index (χ4n) is 1.69. The van der Waals surface area contributed by atoms with Crippen molar-refractivity contribution in [2.45, 2.75) is 6.10 Å². The summed E-state index contributed by atoms with van der Waals surface area (Å²) < 4.78 is 41.1. The molecule has 0 aromatic heterocycles. The largest absolute Gasteiger partial charge is 0.383 e. The first-order chi connectivity index (χ1) is 8.90. The second-order valence-corrected chi connectivity index (χ2v) is 5.63. The second-order valence-electron chi connectivity index (χ2n) is 3.86. The molecule has 19 heavy (non-hydrogen) atoms. The minimum atomic E-state index is -1.59. The Labute approximate surface area is 124 Å². The first-order valence-electron chi connectivity index (χ1n) is 5.17. The van der Waals surface area contributed by atoms with E-state index in [1.54, 1.807) is 0 Å². The molecular weight excluding hydrogens is 389 g/mol. The van der Waals surface area contributed by atoms with E-state index >= 15 is 0 Å². The second kappa shape index (κ2) is 5.64. The quantitative estimate of drug-likeness (QED) is 0.730. The van der Waals surface area contributed by atoms with Crippen LogP contribution >= 0.6 is 31.9 Å². The van der Waals surface area contributed by atoms with Crippen molar-refractivity contribution in [3.8, 4) is 0 Å². The summed E-state index contributed by atoms with van der Waals surface area (Å²) in [6.07, 6.45) is -1.59. The average molecular weight is 396 g/mol. The molecule has 100 valence electrons. The predicted molar refractivity (Wildman–Crippen MR) is 72.2 cm³/mol. The number of benzene rings is 2. The summed E-state index contributed by atoms with van der Waals surface area (Å²) in [5.41, 5.74) is -0.463. The summed E-state index contributed by atoms with van der Waals surface area (Å²) in [5, 5.41) is 10.0. The SMILES string of the molecule is OC(c1cc(F)cc(Br)c1)c1c(F)ccc(Br)c1F. The van der Waals surface area contributed by atoms with Gasteiger partial charge in [-0.1, -0.05) is 15.9 Å². The van der Waals surface area contributed by atoms with Crippen LogP contribution in [0.3, 0.4) is 0 Å². The van der Waals surface area contributed by atoms with Crippen LogP contribution in [0.15, 0.2) is 39.3 Å². The average Bonchev–Trinajstić information content (AvgIpc) is 2.33. The van der Waals surface area contributed by atoms with E-state index in [0.717, 1.165) is 12.1 Å². The first-order valence-corrected chi connectivity index (χ1v) is 6.76. The normalized spacial score (nSPS) is 12.5. The maximum Gasteiger partial charge on any atom is 0.146 e. The molecule has 0 aliphatic rings. The Morgan fingerprint density at radius 1 is 1.00 bits per heavy atom. The Balaban J connectivity index is 2.55. The lowest BCUT2D eigenvalue weighted by Gasteiger charge is -2.14. The van der Waals surface area contributed by atoms with Crippen LogP contribution in [-0.4, -0.2) is 5.11 Å². The van der Waals surface area contributed by atoms with Gasteiger partial charge in [-0.3, -0.25) is 0 Å². The molecule has 1 N–H and O–H groups in total. The molecule has 1 atom stereocenters. The van der Waals surface area contributed by atoms with E-state index in [0.29, 0.717) is 4.47 Å². The highest BCUT2D eigenvalue weighted by Gasteiger charge is 2.22. The van der Waals surface area contributed by atoms with Crippen LogP contribution < -0.4 is 0 Å². The lowest BCUT2D eigenvalue weighted by Crippen LogP contribution is -2.07. The monoisotopic (exact) mass is 394 g/mol. The van der Waals surface area contributed by atoms with Crippen LogP contribution in [0.4, 0.5) is 13.2 Å². The fraction of sp³-hybridized carbons (Fsp3) is 0.0769. The molecule has 1 nitrogen and oxygen atoms in total. The number of hydrogen-bond donors (Lipinski definition) is 1. The van der Waals surface area contributed by atoms with E-state index in [4.69, 9.17) is 0 Å². The third kappa shape index (κ3) is 3.01. The zero-order chi connectivity index (χ0) is 14.2. The molecule has 0 aliphatic carbocycles. The van der Waals surface area contributed by atoms with Crippen molar-refractivity contribution in [2.75, 3.05) is 0 Å². The van der Waals surface area contributed by atoms with Gasteiger partial charge in [-0.25, -0.2) is 13.2 Å². The molecule has 1 unspecified atom stereocenters. The molecule has 0 fully saturated rings. The van der Waals surface area contributed by atoms with Crippen molar-refractivity contribution < 1.29 is 18.3 Å². The summed E-state index contributed by atoms with van der Waals surface area (Å²) in [4.78, 5) is 0. The van der Waals surface area contributed by atoms with Crippen LogP contribution in [0.1, 0.15) is 17.2 Å². The van der Waals surface area contributed by atoms with Gasteiger partial charge in [-0.05, 0) is 51.8 Å². The van der Waals surface area contributed by atoms with Crippen molar-refractivity contribution >= 4 is 31.9 Å². The zero-order valence-corrected chi connectivity index (χ0v) is 12.5. The Morgan fingerprint density at radius 3 is 2.32 bits per heavy atom. The van der Waals surface area contributed by atoms with Gasteiger partial charge >= 0.3 is 0 Å². The minimum absolute atomic E-state index is 0.0263. The van der Waals surface area contributed by atoms with Gasteiger partial charge in [0, 0.05) is 4.47 Å². The van der Waals surface area contributed by atoms with Crippen molar-refractivity contribution in [1.82, 2.24) is 0 Å². The van der Waals surface area contributed by atoms with Gasteiger partial charge in [-0.15, -0.1) is 0 Å². The van der Waals surface area contributed by atoms with E-state index in [1.807, 2.05) is 0 Å². The highest BCUT2D eigenvalue weighted by Crippen LogP contribution is 2.32. The van der Waals surface area contributed by atoms with E-state index < -0.39 is 29.1 Å². The number of hydrogen-bond acceptors (Lipinski definition) is 1. The van der Waals surface area contributed by atoms with Crippen molar-refractivity contribution in [3.05, 3.63) is 67.9 Å². The summed E-state index contributed by atoms with van der Waals surface area (Å²) in [6, 6.07) is 5.83. The standard InChI is InChI=1S/C13H7Br2F3O/c14-7-3-6(4-8(16)5-7)13(19)11-10(17)2-1-9(15)12(11)18/h1-5,13,19H. The van der Waals surface area contributed by atoms with Crippen molar-refractivity contribution in [1.29, 1.82) is 0 Å². The molecule has 0 radical (unpaired) electrons. The minimum Gasteiger partial charge on any atom is -0.383 e. The van der Waals surface area contributed by atoms with Crippen LogP contribution in [0.25, 0.3) is 0 Å². The number of aliphatic hydroxyl groups is 1. The van der Waals surface area contributed by atoms with Crippen molar-refractivity contribution in [3.63, 3.8) is 0 Å². The highest BCUT2D eigenvalue weighted by atomic mass is 79.9. The van der Waals surface area contributed by atoms with Gasteiger partial charge in [0.25, 0.3) is 0 Å². The molecule has 0 saturated heterocycles. The zero-order valence-electron chi connectivity index (χ0n) is 9.30. The van der Waals surface area contributed by atoms with Gasteiger partial charge in [0.05, 0.1) is 10.0 Å². The molecule has 0 aliphatic heterocycles. The van der Waals surface area contributed by atoms with E-state index in [-0.39, 0.29) is 10.0 Å². The Morgan fingerprint density at radius 2 is 1.68 bits per heavy atom. The summed E-state index contributed by atoms with van der Waals surface area (Å²) >= 11 is 5.97. The predicted octanol–water partition coefficient (Wildman–Crippen LogP) is 4.71. The molecule has 2 rings (SSSR count). The number of halogens is 5. The van der Waals surface area contributed by atoms with E-state index in [2.05, 4.69) is 31.9 Å². The van der Waals surface area contributed by atoms with Gasteiger partial charge in [0.1, 0.15) is 23.6 Å². The lowest BCUT2D eigenvalue weighted by molar-refractivity contribution is 0.208. The van der Waals surface area contributed by atoms with Crippen LogP contribution in [0, 0.1) is 17.5 Å². The molecule has 0 saturated carbocycles. The molecule has 0 bridgehead atoms. The Hall–Kier alpha value is -0.850. The molecule has 6 heteroatoms. The summed E-state index contributed by atoms with van der Waals surface area (Å²) in [7, 11) is 0. The van der Waals surface area contributed by atoms with Gasteiger partial charge in [-0.2, -0.15) is 0 Å². The Kier molecular flexibility index (Phi) is 4.32. The molecule has 0 spiro atoms. The Bertz CT molecular complexity index is 611. The fourth-order valence-corrected chi connectivity index (χ4v) is 2.52.